The predicted molar refractivity (Wildman–Crippen MR) is 103 cm³/mol. The van der Waals surface area contributed by atoms with Gasteiger partial charge in [0.05, 0.1) is 11.6 Å². The Labute approximate surface area is 153 Å². The summed E-state index contributed by atoms with van der Waals surface area (Å²) in [6, 6.07) is 12.2. The molecule has 0 aliphatic rings. The van der Waals surface area contributed by atoms with Gasteiger partial charge in [0.1, 0.15) is 5.82 Å². The van der Waals surface area contributed by atoms with Crippen LogP contribution in [0.2, 0.25) is 5.02 Å². The maximum Gasteiger partial charge on any atom is 0.126 e. The second kappa shape index (κ2) is 7.72. The van der Waals surface area contributed by atoms with Crippen molar-refractivity contribution in [3.8, 4) is 11.1 Å². The molecule has 0 aliphatic carbocycles. The minimum absolute atomic E-state index is 0.0463. The normalized spacial score (nSPS) is 11.1. The van der Waals surface area contributed by atoms with Gasteiger partial charge in [0.2, 0.25) is 0 Å². The number of pyridine rings is 1. The molecule has 3 rings (SSSR count). The minimum atomic E-state index is 0.0463. The molecule has 0 saturated heterocycles. The van der Waals surface area contributed by atoms with Gasteiger partial charge in [-0.1, -0.05) is 35.9 Å². The Hall–Kier alpha value is -2.30. The summed E-state index contributed by atoms with van der Waals surface area (Å²) in [6.45, 7) is 4.90. The van der Waals surface area contributed by atoms with Crippen molar-refractivity contribution in [2.24, 2.45) is 0 Å². The molecule has 0 bridgehead atoms. The Morgan fingerprint density at radius 3 is 2.68 bits per heavy atom. The van der Waals surface area contributed by atoms with E-state index in [0.717, 1.165) is 28.1 Å². The van der Waals surface area contributed by atoms with Gasteiger partial charge < -0.3 is 15.0 Å². The van der Waals surface area contributed by atoms with Gasteiger partial charge in [-0.15, -0.1) is 0 Å². The van der Waals surface area contributed by atoms with Gasteiger partial charge in [-0.25, -0.2) is 4.98 Å². The van der Waals surface area contributed by atoms with Crippen LogP contribution < -0.4 is 5.32 Å². The van der Waals surface area contributed by atoms with Crippen LogP contribution in [0.25, 0.3) is 11.1 Å². The van der Waals surface area contributed by atoms with Crippen LogP contribution in [0.1, 0.15) is 25.0 Å². The third-order valence-corrected chi connectivity index (χ3v) is 4.30. The number of nitrogens with zero attached hydrogens (tertiary/aromatic N) is 2. The van der Waals surface area contributed by atoms with Gasteiger partial charge in [0.25, 0.3) is 0 Å². The Morgan fingerprint density at radius 1 is 1.20 bits per heavy atom. The first-order chi connectivity index (χ1) is 12.1. The zero-order chi connectivity index (χ0) is 17.8. The van der Waals surface area contributed by atoms with E-state index in [2.05, 4.69) is 34.9 Å². The molecule has 130 valence electrons. The van der Waals surface area contributed by atoms with Crippen molar-refractivity contribution >= 4 is 17.4 Å². The molecule has 0 fully saturated rings. The molecule has 4 nitrogen and oxygen atoms in total. The molecule has 0 unspecified atom stereocenters. The summed E-state index contributed by atoms with van der Waals surface area (Å²) < 4.78 is 2.09. The van der Waals surface area contributed by atoms with Crippen molar-refractivity contribution in [2.45, 2.75) is 33.0 Å². The van der Waals surface area contributed by atoms with Gasteiger partial charge in [-0.05, 0) is 37.1 Å². The van der Waals surface area contributed by atoms with E-state index in [9.17, 15) is 5.11 Å². The summed E-state index contributed by atoms with van der Waals surface area (Å²) in [5, 5.41) is 13.4. The largest absolute Gasteiger partial charge is 0.392 e. The second-order valence-corrected chi connectivity index (χ2v) is 6.75. The predicted octanol–water partition coefficient (Wildman–Crippen LogP) is 4.56. The Bertz CT molecular complexity index is 858. The molecule has 25 heavy (non-hydrogen) atoms. The van der Waals surface area contributed by atoms with E-state index in [1.54, 1.807) is 6.20 Å². The van der Waals surface area contributed by atoms with Crippen LogP contribution in [0.5, 0.6) is 0 Å². The van der Waals surface area contributed by atoms with E-state index in [4.69, 9.17) is 11.6 Å². The highest BCUT2D eigenvalue weighted by Gasteiger charge is 2.09. The van der Waals surface area contributed by atoms with Crippen molar-refractivity contribution in [3.63, 3.8) is 0 Å². The zero-order valence-electron chi connectivity index (χ0n) is 14.4. The first-order valence-corrected chi connectivity index (χ1v) is 8.70. The number of hydrogen-bond acceptors (Lipinski definition) is 3. The van der Waals surface area contributed by atoms with Crippen LogP contribution >= 0.6 is 11.6 Å². The van der Waals surface area contributed by atoms with Crippen LogP contribution in [-0.2, 0) is 13.2 Å². The highest BCUT2D eigenvalue weighted by Crippen LogP contribution is 2.30. The molecule has 3 aromatic rings. The SMILES string of the molecule is CC(C)Nc1cc(-c2ccn(Cc3ccccc3CO)c2)c(Cl)cn1. The number of halogens is 1. The number of aliphatic hydroxyl groups is 1. The van der Waals surface area contributed by atoms with Crippen LogP contribution in [0.15, 0.2) is 55.0 Å². The van der Waals surface area contributed by atoms with E-state index in [1.165, 1.54) is 0 Å². The summed E-state index contributed by atoms with van der Waals surface area (Å²) in [7, 11) is 0. The molecule has 1 aromatic carbocycles. The third-order valence-electron chi connectivity index (χ3n) is 4.00. The van der Waals surface area contributed by atoms with Crippen molar-refractivity contribution < 1.29 is 5.11 Å². The lowest BCUT2D eigenvalue weighted by Crippen LogP contribution is -2.10. The molecule has 0 radical (unpaired) electrons. The van der Waals surface area contributed by atoms with Crippen molar-refractivity contribution in [2.75, 3.05) is 5.32 Å². The topological polar surface area (TPSA) is 50.1 Å². The van der Waals surface area contributed by atoms with Gasteiger partial charge in [0.15, 0.2) is 0 Å². The van der Waals surface area contributed by atoms with Crippen LogP contribution in [0.4, 0.5) is 5.82 Å². The molecule has 0 amide bonds. The molecule has 2 N–H and O–H groups in total. The molecule has 2 heterocycles. The molecule has 0 atom stereocenters. The van der Waals surface area contributed by atoms with Crippen molar-refractivity contribution in [3.05, 3.63) is 71.1 Å². The number of hydrogen-bond donors (Lipinski definition) is 2. The maximum atomic E-state index is 9.48. The number of nitrogens with one attached hydrogen (secondary N) is 1. The lowest BCUT2D eigenvalue weighted by Gasteiger charge is -2.11. The van der Waals surface area contributed by atoms with Crippen molar-refractivity contribution in [1.82, 2.24) is 9.55 Å². The molecular weight excluding hydrogens is 334 g/mol. The minimum Gasteiger partial charge on any atom is -0.392 e. The van der Waals surface area contributed by atoms with Crippen molar-refractivity contribution in [1.29, 1.82) is 0 Å². The molecule has 0 saturated carbocycles. The Morgan fingerprint density at radius 2 is 1.96 bits per heavy atom. The monoisotopic (exact) mass is 355 g/mol. The molecule has 0 spiro atoms. The Kier molecular flexibility index (Phi) is 5.41. The average Bonchev–Trinajstić information content (AvgIpc) is 3.05. The number of rotatable bonds is 6. The maximum absolute atomic E-state index is 9.48. The third kappa shape index (κ3) is 4.21. The highest BCUT2D eigenvalue weighted by atomic mass is 35.5. The highest BCUT2D eigenvalue weighted by molar-refractivity contribution is 6.33. The fourth-order valence-corrected chi connectivity index (χ4v) is 3.01. The second-order valence-electron chi connectivity index (χ2n) is 6.35. The van der Waals surface area contributed by atoms with Gasteiger partial charge >= 0.3 is 0 Å². The number of anilines is 1. The van der Waals surface area contributed by atoms with Crippen LogP contribution in [0, 0.1) is 0 Å². The quantitative estimate of drug-likeness (QED) is 0.681. The van der Waals surface area contributed by atoms with Gasteiger partial charge in [-0.3, -0.25) is 0 Å². The number of aliphatic hydroxyl groups excluding tert-OH is 1. The van der Waals surface area contributed by atoms with E-state index in [1.807, 2.05) is 42.6 Å². The van der Waals surface area contributed by atoms with E-state index in [0.29, 0.717) is 17.6 Å². The fraction of sp³-hybridized carbons (Fsp3) is 0.250. The summed E-state index contributed by atoms with van der Waals surface area (Å²) in [4.78, 5) is 4.32. The lowest BCUT2D eigenvalue weighted by atomic mass is 10.1. The Balaban J connectivity index is 1.86. The number of aromatic nitrogens is 2. The van der Waals surface area contributed by atoms with Gasteiger partial charge in [-0.2, -0.15) is 0 Å². The molecule has 0 aliphatic heterocycles. The fourth-order valence-electron chi connectivity index (χ4n) is 2.80. The van der Waals surface area contributed by atoms with Crippen LogP contribution in [0.3, 0.4) is 0 Å². The standard InChI is InChI=1S/C20H22ClN3O/c1-14(2)23-20-9-18(19(21)10-22-20)16-7-8-24(12-16)11-15-5-3-4-6-17(15)13-25/h3-10,12,14,25H,11,13H2,1-2H3,(H,22,23). The average molecular weight is 356 g/mol. The zero-order valence-corrected chi connectivity index (χ0v) is 15.2. The van der Waals surface area contributed by atoms with E-state index >= 15 is 0 Å². The summed E-state index contributed by atoms with van der Waals surface area (Å²) in [5.41, 5.74) is 4.05. The van der Waals surface area contributed by atoms with E-state index in [-0.39, 0.29) is 6.61 Å². The lowest BCUT2D eigenvalue weighted by molar-refractivity contribution is 0.280. The first kappa shape index (κ1) is 17.5. The van der Waals surface area contributed by atoms with Gasteiger partial charge in [0, 0.05) is 42.3 Å². The molecular formula is C20H22ClN3O. The number of benzene rings is 1. The smallest absolute Gasteiger partial charge is 0.126 e. The summed E-state index contributed by atoms with van der Waals surface area (Å²) in [6.07, 6.45) is 5.77. The molecule has 5 heteroatoms. The summed E-state index contributed by atoms with van der Waals surface area (Å²) >= 11 is 6.35. The summed E-state index contributed by atoms with van der Waals surface area (Å²) in [5.74, 6) is 0.813. The van der Waals surface area contributed by atoms with E-state index < -0.39 is 0 Å². The first-order valence-electron chi connectivity index (χ1n) is 8.32. The van der Waals surface area contributed by atoms with Crippen LogP contribution in [-0.4, -0.2) is 20.7 Å². The molecule has 2 aromatic heterocycles.